The number of hydrogen-bond donors (Lipinski definition) is 0. The molecular weight excluding hydrogens is 190 g/mol. The minimum atomic E-state index is 0.422. The van der Waals surface area contributed by atoms with Crippen LogP contribution in [-0.4, -0.2) is 43.5 Å². The van der Waals surface area contributed by atoms with E-state index in [2.05, 4.69) is 11.9 Å². The Morgan fingerprint density at radius 2 is 2.20 bits per heavy atom. The molecule has 0 heterocycles. The van der Waals surface area contributed by atoms with Gasteiger partial charge < -0.3 is 9.64 Å². The summed E-state index contributed by atoms with van der Waals surface area (Å²) in [6, 6.07) is 0.474. The van der Waals surface area contributed by atoms with Crippen molar-refractivity contribution in [2.24, 2.45) is 5.92 Å². The Balaban J connectivity index is 1.55. The van der Waals surface area contributed by atoms with Crippen molar-refractivity contribution in [3.63, 3.8) is 0 Å². The van der Waals surface area contributed by atoms with Crippen LogP contribution in [0, 0.1) is 5.92 Å². The van der Waals surface area contributed by atoms with Crippen molar-refractivity contribution in [2.45, 2.75) is 38.1 Å². The molecule has 3 nitrogen and oxygen atoms in total. The molecule has 2 aliphatic carbocycles. The Morgan fingerprint density at radius 1 is 1.40 bits per heavy atom. The van der Waals surface area contributed by atoms with Gasteiger partial charge in [-0.3, -0.25) is 4.79 Å². The molecule has 0 spiro atoms. The van der Waals surface area contributed by atoms with E-state index in [0.717, 1.165) is 44.9 Å². The molecule has 0 aliphatic heterocycles. The molecule has 0 bridgehead atoms. The SMILES string of the molecule is CN(CCOCC1CC1)C1CCC(=O)C1. The first-order valence-corrected chi connectivity index (χ1v) is 6.05. The molecule has 0 aromatic rings. The topological polar surface area (TPSA) is 29.5 Å². The van der Waals surface area contributed by atoms with Crippen molar-refractivity contribution < 1.29 is 9.53 Å². The summed E-state index contributed by atoms with van der Waals surface area (Å²) < 4.78 is 5.59. The van der Waals surface area contributed by atoms with E-state index in [1.165, 1.54) is 12.8 Å². The summed E-state index contributed by atoms with van der Waals surface area (Å²) >= 11 is 0. The smallest absolute Gasteiger partial charge is 0.134 e. The van der Waals surface area contributed by atoms with Crippen molar-refractivity contribution in [1.29, 1.82) is 0 Å². The van der Waals surface area contributed by atoms with Gasteiger partial charge in [-0.05, 0) is 32.2 Å². The molecule has 2 saturated carbocycles. The molecule has 15 heavy (non-hydrogen) atoms. The molecule has 2 rings (SSSR count). The molecule has 3 heteroatoms. The highest BCUT2D eigenvalue weighted by molar-refractivity contribution is 5.81. The minimum absolute atomic E-state index is 0.422. The average Bonchev–Trinajstić information content (AvgIpc) is 2.94. The highest BCUT2D eigenvalue weighted by atomic mass is 16.5. The first-order valence-electron chi connectivity index (χ1n) is 6.05. The standard InChI is InChI=1S/C12H21NO2/c1-13(11-4-5-12(14)8-11)6-7-15-9-10-2-3-10/h10-11H,2-9H2,1H3. The van der Waals surface area contributed by atoms with Gasteiger partial charge in [-0.2, -0.15) is 0 Å². The van der Waals surface area contributed by atoms with E-state index in [9.17, 15) is 4.79 Å². The number of Topliss-reactive ketones (excluding diaryl/α,β-unsaturated/α-hetero) is 1. The number of rotatable bonds is 6. The largest absolute Gasteiger partial charge is 0.380 e. The second kappa shape index (κ2) is 5.08. The summed E-state index contributed by atoms with van der Waals surface area (Å²) in [6.07, 6.45) is 5.27. The maximum absolute atomic E-state index is 11.1. The third kappa shape index (κ3) is 3.58. The summed E-state index contributed by atoms with van der Waals surface area (Å²) in [6.45, 7) is 2.72. The average molecular weight is 211 g/mol. The van der Waals surface area contributed by atoms with Crippen LogP contribution in [0.3, 0.4) is 0 Å². The molecule has 0 saturated heterocycles. The summed E-state index contributed by atoms with van der Waals surface area (Å²) in [4.78, 5) is 13.4. The third-order valence-corrected chi connectivity index (χ3v) is 3.48. The van der Waals surface area contributed by atoms with Gasteiger partial charge in [0.05, 0.1) is 6.61 Å². The molecule has 1 atom stereocenters. The quantitative estimate of drug-likeness (QED) is 0.623. The summed E-state index contributed by atoms with van der Waals surface area (Å²) in [5.41, 5.74) is 0. The number of ether oxygens (including phenoxy) is 1. The van der Waals surface area contributed by atoms with Crippen LogP contribution in [0.4, 0.5) is 0 Å². The van der Waals surface area contributed by atoms with Gasteiger partial charge in [-0.1, -0.05) is 0 Å². The zero-order chi connectivity index (χ0) is 10.7. The monoisotopic (exact) mass is 211 g/mol. The molecule has 2 aliphatic rings. The lowest BCUT2D eigenvalue weighted by atomic mass is 10.2. The lowest BCUT2D eigenvalue weighted by Crippen LogP contribution is -2.32. The second-order valence-corrected chi connectivity index (χ2v) is 4.93. The first kappa shape index (κ1) is 11.1. The molecular formula is C12H21NO2. The van der Waals surface area contributed by atoms with Crippen molar-refractivity contribution >= 4 is 5.78 Å². The predicted octanol–water partition coefficient (Wildman–Crippen LogP) is 1.47. The van der Waals surface area contributed by atoms with Crippen molar-refractivity contribution in [2.75, 3.05) is 26.8 Å². The maximum Gasteiger partial charge on any atom is 0.134 e. The van der Waals surface area contributed by atoms with Crippen LogP contribution in [0.5, 0.6) is 0 Å². The summed E-state index contributed by atoms with van der Waals surface area (Å²) in [5.74, 6) is 1.27. The lowest BCUT2D eigenvalue weighted by Gasteiger charge is -2.23. The normalized spacial score (nSPS) is 26.5. The van der Waals surface area contributed by atoms with E-state index in [-0.39, 0.29) is 0 Å². The fourth-order valence-electron chi connectivity index (χ4n) is 2.10. The fourth-order valence-corrected chi connectivity index (χ4v) is 2.10. The van der Waals surface area contributed by atoms with Gasteiger partial charge in [0.25, 0.3) is 0 Å². The highest BCUT2D eigenvalue weighted by Crippen LogP contribution is 2.28. The zero-order valence-corrected chi connectivity index (χ0v) is 9.58. The Labute approximate surface area is 91.8 Å². The number of carbonyl (C=O) groups is 1. The Hall–Kier alpha value is -0.410. The highest BCUT2D eigenvalue weighted by Gasteiger charge is 2.25. The Kier molecular flexibility index (Phi) is 3.76. The van der Waals surface area contributed by atoms with Gasteiger partial charge >= 0.3 is 0 Å². The second-order valence-electron chi connectivity index (χ2n) is 4.93. The number of likely N-dealkylation sites (N-methyl/N-ethyl adjacent to an activating group) is 1. The van der Waals surface area contributed by atoms with E-state index in [4.69, 9.17) is 4.74 Å². The number of nitrogens with zero attached hydrogens (tertiary/aromatic N) is 1. The van der Waals surface area contributed by atoms with Crippen LogP contribution in [-0.2, 0) is 9.53 Å². The molecule has 0 aromatic carbocycles. The molecule has 1 unspecified atom stereocenters. The van der Waals surface area contributed by atoms with Crippen LogP contribution in [0.2, 0.25) is 0 Å². The van der Waals surface area contributed by atoms with E-state index >= 15 is 0 Å². The van der Waals surface area contributed by atoms with Crippen LogP contribution in [0.1, 0.15) is 32.1 Å². The predicted molar refractivity (Wildman–Crippen MR) is 58.8 cm³/mol. The molecule has 2 fully saturated rings. The van der Waals surface area contributed by atoms with Gasteiger partial charge in [-0.15, -0.1) is 0 Å². The molecule has 0 N–H and O–H groups in total. The van der Waals surface area contributed by atoms with Gasteiger partial charge in [0.1, 0.15) is 5.78 Å². The Morgan fingerprint density at radius 3 is 2.80 bits per heavy atom. The van der Waals surface area contributed by atoms with Crippen molar-refractivity contribution in [1.82, 2.24) is 4.90 Å². The van der Waals surface area contributed by atoms with Gasteiger partial charge in [-0.25, -0.2) is 0 Å². The fraction of sp³-hybridized carbons (Fsp3) is 0.917. The number of hydrogen-bond acceptors (Lipinski definition) is 3. The Bertz CT molecular complexity index is 226. The molecule has 0 radical (unpaired) electrons. The minimum Gasteiger partial charge on any atom is -0.380 e. The van der Waals surface area contributed by atoms with Crippen LogP contribution in [0.15, 0.2) is 0 Å². The third-order valence-electron chi connectivity index (χ3n) is 3.48. The number of carbonyl (C=O) groups excluding carboxylic acids is 1. The summed E-state index contributed by atoms with van der Waals surface area (Å²) in [5, 5.41) is 0. The van der Waals surface area contributed by atoms with E-state index in [1.54, 1.807) is 0 Å². The van der Waals surface area contributed by atoms with Gasteiger partial charge in [0.2, 0.25) is 0 Å². The molecule has 86 valence electrons. The van der Waals surface area contributed by atoms with Crippen molar-refractivity contribution in [3.8, 4) is 0 Å². The van der Waals surface area contributed by atoms with E-state index in [0.29, 0.717) is 11.8 Å². The first-order chi connectivity index (χ1) is 7.25. The lowest BCUT2D eigenvalue weighted by molar-refractivity contribution is -0.117. The summed E-state index contributed by atoms with van der Waals surface area (Å²) in [7, 11) is 2.10. The maximum atomic E-state index is 11.1. The van der Waals surface area contributed by atoms with Crippen LogP contribution < -0.4 is 0 Å². The van der Waals surface area contributed by atoms with E-state index < -0.39 is 0 Å². The zero-order valence-electron chi connectivity index (χ0n) is 9.58. The number of ketones is 1. The molecule has 0 amide bonds. The van der Waals surface area contributed by atoms with Gasteiger partial charge in [0, 0.05) is 32.0 Å². The van der Waals surface area contributed by atoms with Crippen LogP contribution in [0.25, 0.3) is 0 Å². The van der Waals surface area contributed by atoms with E-state index in [1.807, 2.05) is 0 Å². The molecule has 0 aromatic heterocycles. The van der Waals surface area contributed by atoms with Crippen molar-refractivity contribution in [3.05, 3.63) is 0 Å². The van der Waals surface area contributed by atoms with Crippen LogP contribution >= 0.6 is 0 Å². The van der Waals surface area contributed by atoms with Gasteiger partial charge in [0.15, 0.2) is 0 Å².